The number of phenolic OH excluding ortho intramolecular Hbond substituents is 3. The molecule has 0 radical (unpaired) electrons. The van der Waals surface area contributed by atoms with Crippen LogP contribution >= 0.6 is 0 Å². The fourth-order valence-electron chi connectivity index (χ4n) is 3.63. The van der Waals surface area contributed by atoms with Gasteiger partial charge in [0.2, 0.25) is 12.0 Å². The Labute approximate surface area is 191 Å². The van der Waals surface area contributed by atoms with E-state index in [9.17, 15) is 40.5 Å². The molecule has 2 aromatic carbocycles. The van der Waals surface area contributed by atoms with Crippen LogP contribution in [0.5, 0.6) is 28.7 Å². The number of fused-ring (bicyclic) bond motifs is 1. The quantitative estimate of drug-likeness (QED) is 0.238. The Kier molecular flexibility index (Phi) is 6.25. The van der Waals surface area contributed by atoms with Gasteiger partial charge in [0, 0.05) is 17.7 Å². The molecule has 0 amide bonds. The van der Waals surface area contributed by atoms with Gasteiger partial charge in [0.05, 0.1) is 13.7 Å². The predicted octanol–water partition coefficient (Wildman–Crippen LogP) is -0.236. The van der Waals surface area contributed by atoms with Crippen molar-refractivity contribution < 1.29 is 54.4 Å². The molecule has 1 aliphatic rings. The molecule has 0 aliphatic carbocycles. The topological polar surface area (TPSA) is 200 Å². The molecule has 7 N–H and O–H groups in total. The van der Waals surface area contributed by atoms with E-state index in [0.29, 0.717) is 5.56 Å². The van der Waals surface area contributed by atoms with E-state index in [1.807, 2.05) is 0 Å². The van der Waals surface area contributed by atoms with Crippen LogP contribution in [0.15, 0.2) is 39.5 Å². The zero-order chi connectivity index (χ0) is 24.7. The van der Waals surface area contributed by atoms with Crippen LogP contribution in [0.2, 0.25) is 0 Å². The maximum atomic E-state index is 12.7. The number of aliphatic hydroxyl groups excluding tert-OH is 4. The molecular weight excluding hydrogens is 456 g/mol. The smallest absolute Gasteiger partial charge is 0.229 e. The Bertz CT molecular complexity index is 1270. The second-order valence-electron chi connectivity index (χ2n) is 7.62. The number of benzene rings is 2. The fraction of sp³-hybridized carbons (Fsp3) is 0.318. The lowest BCUT2D eigenvalue weighted by molar-refractivity contribution is -0.277. The summed E-state index contributed by atoms with van der Waals surface area (Å²) in [7, 11) is 1.34. The molecule has 0 saturated carbocycles. The molecule has 5 atom stereocenters. The highest BCUT2D eigenvalue weighted by Gasteiger charge is 2.45. The Morgan fingerprint density at radius 2 is 1.68 bits per heavy atom. The average Bonchev–Trinajstić information content (AvgIpc) is 2.82. The Morgan fingerprint density at radius 3 is 2.35 bits per heavy atom. The molecule has 12 nitrogen and oxygen atoms in total. The number of phenols is 3. The minimum atomic E-state index is -1.78. The lowest BCUT2D eigenvalue weighted by Gasteiger charge is -2.39. The molecule has 182 valence electrons. The predicted molar refractivity (Wildman–Crippen MR) is 114 cm³/mol. The maximum Gasteiger partial charge on any atom is 0.229 e. The van der Waals surface area contributed by atoms with Crippen LogP contribution in [0.1, 0.15) is 0 Å². The zero-order valence-electron chi connectivity index (χ0n) is 17.7. The minimum absolute atomic E-state index is 0.0320. The van der Waals surface area contributed by atoms with Crippen molar-refractivity contribution in [2.45, 2.75) is 30.7 Å². The van der Waals surface area contributed by atoms with Crippen molar-refractivity contribution in [2.75, 3.05) is 13.7 Å². The fourth-order valence-corrected chi connectivity index (χ4v) is 3.63. The third-order valence-electron chi connectivity index (χ3n) is 5.48. The van der Waals surface area contributed by atoms with Gasteiger partial charge in [0.1, 0.15) is 41.3 Å². The summed E-state index contributed by atoms with van der Waals surface area (Å²) in [6.45, 7) is -0.700. The minimum Gasteiger partial charge on any atom is -0.507 e. The van der Waals surface area contributed by atoms with Gasteiger partial charge in [-0.25, -0.2) is 0 Å². The SMILES string of the molecule is COc1cc(-c2cc(=O)c3c(O)cc(O[C@@H]4OC(CO)[C@@H](O)[C@H](O)C4O)c(O)c3o2)ccc1O. The molecule has 3 aromatic rings. The number of methoxy groups -OCH3 is 1. The van der Waals surface area contributed by atoms with Gasteiger partial charge >= 0.3 is 0 Å². The van der Waals surface area contributed by atoms with Gasteiger partial charge in [-0.2, -0.15) is 0 Å². The molecular formula is C22H22O12. The van der Waals surface area contributed by atoms with Crippen molar-refractivity contribution in [3.05, 3.63) is 40.6 Å². The highest BCUT2D eigenvalue weighted by atomic mass is 16.7. The Balaban J connectivity index is 1.78. The first-order chi connectivity index (χ1) is 16.2. The molecule has 4 rings (SSSR count). The summed E-state index contributed by atoms with van der Waals surface area (Å²) in [6, 6.07) is 6.11. The summed E-state index contributed by atoms with van der Waals surface area (Å²) in [5.74, 6) is -1.89. The summed E-state index contributed by atoms with van der Waals surface area (Å²) < 4.78 is 21.3. The molecule has 1 fully saturated rings. The molecule has 12 heteroatoms. The van der Waals surface area contributed by atoms with Crippen LogP contribution in [0.25, 0.3) is 22.3 Å². The first kappa shape index (κ1) is 23.6. The molecule has 1 aromatic heterocycles. The summed E-state index contributed by atoms with van der Waals surface area (Å²) in [5, 5.41) is 69.9. The van der Waals surface area contributed by atoms with E-state index in [1.165, 1.54) is 25.3 Å². The molecule has 0 spiro atoms. The van der Waals surface area contributed by atoms with Crippen LogP contribution in [0.3, 0.4) is 0 Å². The molecule has 34 heavy (non-hydrogen) atoms. The van der Waals surface area contributed by atoms with Gasteiger partial charge in [-0.15, -0.1) is 0 Å². The number of hydrogen-bond donors (Lipinski definition) is 7. The number of ether oxygens (including phenoxy) is 3. The van der Waals surface area contributed by atoms with Crippen molar-refractivity contribution in [3.8, 4) is 40.1 Å². The lowest BCUT2D eigenvalue weighted by atomic mass is 9.99. The van der Waals surface area contributed by atoms with Crippen molar-refractivity contribution in [1.29, 1.82) is 0 Å². The van der Waals surface area contributed by atoms with Crippen molar-refractivity contribution in [1.82, 2.24) is 0 Å². The van der Waals surface area contributed by atoms with E-state index >= 15 is 0 Å². The van der Waals surface area contributed by atoms with E-state index in [4.69, 9.17) is 18.6 Å². The van der Waals surface area contributed by atoms with Crippen molar-refractivity contribution in [3.63, 3.8) is 0 Å². The molecule has 2 unspecified atom stereocenters. The van der Waals surface area contributed by atoms with E-state index in [1.54, 1.807) is 0 Å². The third-order valence-corrected chi connectivity index (χ3v) is 5.48. The second-order valence-corrected chi connectivity index (χ2v) is 7.62. The largest absolute Gasteiger partial charge is 0.507 e. The molecule has 0 bridgehead atoms. The van der Waals surface area contributed by atoms with Gasteiger partial charge in [0.25, 0.3) is 0 Å². The lowest BCUT2D eigenvalue weighted by Crippen LogP contribution is -2.60. The van der Waals surface area contributed by atoms with E-state index in [2.05, 4.69) is 0 Å². The van der Waals surface area contributed by atoms with Crippen LogP contribution in [0.4, 0.5) is 0 Å². The second kappa shape index (κ2) is 9.00. The van der Waals surface area contributed by atoms with Crippen molar-refractivity contribution >= 4 is 11.0 Å². The van der Waals surface area contributed by atoms with Gasteiger partial charge < -0.3 is 54.4 Å². The number of aliphatic hydroxyl groups is 4. The van der Waals surface area contributed by atoms with Crippen LogP contribution in [0, 0.1) is 0 Å². The molecule has 2 heterocycles. The first-order valence-electron chi connectivity index (χ1n) is 10.0. The molecule has 1 aliphatic heterocycles. The Hall–Kier alpha value is -3.55. The maximum absolute atomic E-state index is 12.7. The van der Waals surface area contributed by atoms with Gasteiger partial charge in [-0.3, -0.25) is 4.79 Å². The third kappa shape index (κ3) is 3.97. The summed E-state index contributed by atoms with van der Waals surface area (Å²) >= 11 is 0. The highest BCUT2D eigenvalue weighted by Crippen LogP contribution is 2.42. The van der Waals surface area contributed by atoms with E-state index in [0.717, 1.165) is 12.1 Å². The number of aromatic hydroxyl groups is 3. The Morgan fingerprint density at radius 1 is 0.941 bits per heavy atom. The number of rotatable bonds is 5. The standard InChI is InChI=1S/C22H22O12/c1-31-13-4-8(2-3-9(13)24)12-5-10(25)16-11(26)6-14(18(28)21(16)32-12)33-22-20(30)19(29)17(27)15(7-23)34-22/h2-6,15,17,19-20,22-24,26-30H,7H2,1H3/t15?,17-,19+,20?,22-/m1/s1. The zero-order valence-corrected chi connectivity index (χ0v) is 17.7. The van der Waals surface area contributed by atoms with Crippen LogP contribution < -0.4 is 14.9 Å². The van der Waals surface area contributed by atoms with Gasteiger partial charge in [-0.05, 0) is 18.2 Å². The summed E-state index contributed by atoms with van der Waals surface area (Å²) in [4.78, 5) is 12.7. The van der Waals surface area contributed by atoms with E-state index in [-0.39, 0.29) is 22.6 Å². The monoisotopic (exact) mass is 478 g/mol. The first-order valence-corrected chi connectivity index (χ1v) is 10.0. The molecule has 1 saturated heterocycles. The summed E-state index contributed by atoms with van der Waals surface area (Å²) in [6.07, 6.45) is -8.07. The van der Waals surface area contributed by atoms with Gasteiger partial charge in [-0.1, -0.05) is 0 Å². The van der Waals surface area contributed by atoms with Crippen LogP contribution in [-0.4, -0.2) is 80.2 Å². The van der Waals surface area contributed by atoms with Crippen molar-refractivity contribution in [2.24, 2.45) is 0 Å². The highest BCUT2D eigenvalue weighted by molar-refractivity contribution is 5.91. The van der Waals surface area contributed by atoms with Crippen LogP contribution in [-0.2, 0) is 4.74 Å². The van der Waals surface area contributed by atoms with E-state index < -0.39 is 65.6 Å². The van der Waals surface area contributed by atoms with Gasteiger partial charge in [0.15, 0.2) is 28.3 Å². The summed E-state index contributed by atoms with van der Waals surface area (Å²) in [5.41, 5.74) is -0.836. The number of hydrogen-bond acceptors (Lipinski definition) is 12. The normalized spacial score (nSPS) is 24.8. The average molecular weight is 478 g/mol.